The van der Waals surface area contributed by atoms with E-state index in [0.717, 1.165) is 12.8 Å². The molecule has 1 aliphatic carbocycles. The first-order valence-corrected chi connectivity index (χ1v) is 6.90. The summed E-state index contributed by atoms with van der Waals surface area (Å²) >= 11 is 0. The molecular weight excluding hydrogens is 273 g/mol. The van der Waals surface area contributed by atoms with Crippen molar-refractivity contribution >= 4 is 11.6 Å². The van der Waals surface area contributed by atoms with E-state index in [0.29, 0.717) is 18.6 Å². The fourth-order valence-electron chi connectivity index (χ4n) is 2.86. The molecule has 1 fully saturated rings. The molecule has 0 aromatic heterocycles. The predicted octanol–water partition coefficient (Wildman–Crippen LogP) is 2.67. The third-order valence-corrected chi connectivity index (χ3v) is 3.99. The fraction of sp³-hybridized carbons (Fsp3) is 0.846. The van der Waals surface area contributed by atoms with Crippen LogP contribution in [0.25, 0.3) is 0 Å². The van der Waals surface area contributed by atoms with Gasteiger partial charge in [0.1, 0.15) is 0 Å². The lowest BCUT2D eigenvalue weighted by molar-refractivity contribution is -0.317. The van der Waals surface area contributed by atoms with Crippen LogP contribution in [0.3, 0.4) is 0 Å². The molecule has 1 amide bonds. The van der Waals surface area contributed by atoms with E-state index in [1.807, 2.05) is 0 Å². The Labute approximate surface area is 115 Å². The largest absolute Gasteiger partial charge is 0.439 e. The number of amides is 1. The van der Waals surface area contributed by atoms with E-state index in [-0.39, 0.29) is 11.4 Å². The SMILES string of the molecule is CC(C)C(=O)N1N=C2CCCCCC2C1(O)C(F)(F)F. The summed E-state index contributed by atoms with van der Waals surface area (Å²) in [5.74, 6) is -2.59. The van der Waals surface area contributed by atoms with Crippen molar-refractivity contribution in [2.24, 2.45) is 16.9 Å². The van der Waals surface area contributed by atoms with Gasteiger partial charge in [0.2, 0.25) is 5.91 Å². The minimum absolute atomic E-state index is 0.205. The molecule has 2 unspecified atom stereocenters. The van der Waals surface area contributed by atoms with Gasteiger partial charge in [0, 0.05) is 11.6 Å². The first kappa shape index (κ1) is 15.3. The minimum atomic E-state index is -4.92. The van der Waals surface area contributed by atoms with Crippen molar-refractivity contribution in [2.45, 2.75) is 57.9 Å². The van der Waals surface area contributed by atoms with Crippen LogP contribution in [0.1, 0.15) is 46.0 Å². The Morgan fingerprint density at radius 2 is 2.05 bits per heavy atom. The van der Waals surface area contributed by atoms with Gasteiger partial charge in [-0.15, -0.1) is 0 Å². The third-order valence-electron chi connectivity index (χ3n) is 3.99. The van der Waals surface area contributed by atoms with Gasteiger partial charge < -0.3 is 5.11 Å². The van der Waals surface area contributed by atoms with Gasteiger partial charge >= 0.3 is 6.18 Å². The Balaban J connectivity index is 2.46. The molecule has 1 N–H and O–H groups in total. The maximum Gasteiger partial charge on any atom is 0.439 e. The van der Waals surface area contributed by atoms with E-state index in [1.54, 1.807) is 0 Å². The summed E-state index contributed by atoms with van der Waals surface area (Å²) in [5.41, 5.74) is -2.88. The Hall–Kier alpha value is -1.11. The van der Waals surface area contributed by atoms with E-state index in [1.165, 1.54) is 13.8 Å². The number of hydrogen-bond acceptors (Lipinski definition) is 3. The minimum Gasteiger partial charge on any atom is -0.362 e. The van der Waals surface area contributed by atoms with Gasteiger partial charge in [-0.2, -0.15) is 23.3 Å². The summed E-state index contributed by atoms with van der Waals surface area (Å²) in [6.07, 6.45) is -2.14. The number of fused-ring (bicyclic) bond motifs is 1. The molecule has 7 heteroatoms. The van der Waals surface area contributed by atoms with Crippen molar-refractivity contribution < 1.29 is 23.1 Å². The lowest BCUT2D eigenvalue weighted by Gasteiger charge is -2.37. The summed E-state index contributed by atoms with van der Waals surface area (Å²) in [6.45, 7) is 2.99. The number of aliphatic hydroxyl groups is 1. The molecule has 0 radical (unpaired) electrons. The van der Waals surface area contributed by atoms with Crippen LogP contribution < -0.4 is 0 Å². The number of rotatable bonds is 1. The summed E-state index contributed by atoms with van der Waals surface area (Å²) in [6, 6.07) is 0. The zero-order valence-electron chi connectivity index (χ0n) is 11.6. The van der Waals surface area contributed by atoms with Crippen LogP contribution in [-0.2, 0) is 4.79 Å². The molecule has 4 nitrogen and oxygen atoms in total. The Bertz CT molecular complexity index is 434. The second-order valence-electron chi connectivity index (χ2n) is 5.77. The van der Waals surface area contributed by atoms with Crippen molar-refractivity contribution in [3.8, 4) is 0 Å². The van der Waals surface area contributed by atoms with Crippen LogP contribution in [0.4, 0.5) is 13.2 Å². The van der Waals surface area contributed by atoms with Crippen LogP contribution in [-0.4, -0.2) is 33.6 Å². The number of nitrogens with zero attached hydrogens (tertiary/aromatic N) is 2. The van der Waals surface area contributed by atoms with Crippen LogP contribution in [0.2, 0.25) is 0 Å². The van der Waals surface area contributed by atoms with E-state index < -0.39 is 29.6 Å². The van der Waals surface area contributed by atoms with Gasteiger partial charge in [-0.3, -0.25) is 4.79 Å². The van der Waals surface area contributed by atoms with Crippen molar-refractivity contribution in [3.63, 3.8) is 0 Å². The molecule has 0 saturated heterocycles. The lowest BCUT2D eigenvalue weighted by Crippen LogP contribution is -2.61. The maximum absolute atomic E-state index is 13.4. The number of halogens is 3. The smallest absolute Gasteiger partial charge is 0.362 e. The summed E-state index contributed by atoms with van der Waals surface area (Å²) < 4.78 is 40.2. The van der Waals surface area contributed by atoms with Crippen molar-refractivity contribution in [1.82, 2.24) is 5.01 Å². The first-order chi connectivity index (χ1) is 9.19. The molecule has 114 valence electrons. The Kier molecular flexibility index (Phi) is 3.83. The van der Waals surface area contributed by atoms with Crippen LogP contribution >= 0.6 is 0 Å². The molecule has 2 atom stereocenters. The van der Waals surface area contributed by atoms with E-state index in [4.69, 9.17) is 0 Å². The van der Waals surface area contributed by atoms with Crippen molar-refractivity contribution in [2.75, 3.05) is 0 Å². The summed E-state index contributed by atoms with van der Waals surface area (Å²) in [5, 5.41) is 14.4. The topological polar surface area (TPSA) is 52.9 Å². The van der Waals surface area contributed by atoms with Gasteiger partial charge in [0.05, 0.1) is 5.92 Å². The quantitative estimate of drug-likeness (QED) is 0.808. The average Bonchev–Trinajstić information content (AvgIpc) is 2.52. The zero-order chi connectivity index (χ0) is 15.1. The Morgan fingerprint density at radius 3 is 2.60 bits per heavy atom. The number of carbonyl (C=O) groups is 1. The monoisotopic (exact) mass is 292 g/mol. The molecule has 0 aromatic carbocycles. The standard InChI is InChI=1S/C13H19F3N2O2/c1-8(2)11(19)18-12(20,13(14,15)16)9-6-4-3-5-7-10(9)17-18/h8-9,20H,3-7H2,1-2H3. The third kappa shape index (κ3) is 2.21. The van der Waals surface area contributed by atoms with Crippen LogP contribution in [0.15, 0.2) is 5.10 Å². The highest BCUT2D eigenvalue weighted by Crippen LogP contribution is 2.47. The van der Waals surface area contributed by atoms with Crippen LogP contribution in [0, 0.1) is 11.8 Å². The molecule has 0 bridgehead atoms. The molecule has 0 aromatic rings. The molecule has 1 saturated carbocycles. The van der Waals surface area contributed by atoms with E-state index in [9.17, 15) is 23.1 Å². The lowest BCUT2D eigenvalue weighted by atomic mass is 9.87. The highest BCUT2D eigenvalue weighted by molar-refractivity contribution is 5.93. The van der Waals surface area contributed by atoms with Gasteiger partial charge in [-0.1, -0.05) is 26.7 Å². The highest BCUT2D eigenvalue weighted by atomic mass is 19.4. The number of carbonyl (C=O) groups excluding carboxylic acids is 1. The second kappa shape index (κ2) is 5.02. The molecule has 20 heavy (non-hydrogen) atoms. The van der Waals surface area contributed by atoms with Gasteiger partial charge in [0.25, 0.3) is 5.72 Å². The van der Waals surface area contributed by atoms with Gasteiger partial charge in [-0.05, 0) is 19.3 Å². The first-order valence-electron chi connectivity index (χ1n) is 6.90. The number of hydrogen-bond donors (Lipinski definition) is 1. The second-order valence-corrected chi connectivity index (χ2v) is 5.77. The van der Waals surface area contributed by atoms with E-state index >= 15 is 0 Å². The molecule has 1 aliphatic heterocycles. The summed E-state index contributed by atoms with van der Waals surface area (Å²) in [7, 11) is 0. The van der Waals surface area contributed by atoms with Crippen molar-refractivity contribution in [1.29, 1.82) is 0 Å². The highest BCUT2D eigenvalue weighted by Gasteiger charge is 2.68. The van der Waals surface area contributed by atoms with Crippen molar-refractivity contribution in [3.05, 3.63) is 0 Å². The molecule has 2 aliphatic rings. The number of alkyl halides is 3. The fourth-order valence-corrected chi connectivity index (χ4v) is 2.86. The molecule has 2 rings (SSSR count). The molecular formula is C13H19F3N2O2. The predicted molar refractivity (Wildman–Crippen MR) is 66.7 cm³/mol. The summed E-state index contributed by atoms with van der Waals surface area (Å²) in [4.78, 5) is 12.0. The van der Waals surface area contributed by atoms with Gasteiger partial charge in [-0.25, -0.2) is 0 Å². The molecule has 0 spiro atoms. The van der Waals surface area contributed by atoms with Crippen LogP contribution in [0.5, 0.6) is 0 Å². The normalized spacial score (nSPS) is 31.1. The Morgan fingerprint density at radius 1 is 1.40 bits per heavy atom. The maximum atomic E-state index is 13.4. The van der Waals surface area contributed by atoms with Gasteiger partial charge in [0.15, 0.2) is 0 Å². The molecule has 1 heterocycles. The van der Waals surface area contributed by atoms with E-state index in [2.05, 4.69) is 5.10 Å². The average molecular weight is 292 g/mol. The zero-order valence-corrected chi connectivity index (χ0v) is 11.6. The number of hydrazone groups is 1.